The lowest BCUT2D eigenvalue weighted by Gasteiger charge is -2.22. The molecule has 2 aliphatic rings. The van der Waals surface area contributed by atoms with Gasteiger partial charge in [-0.05, 0) is 25.7 Å². The van der Waals surface area contributed by atoms with Gasteiger partial charge in [-0.3, -0.25) is 4.79 Å². The van der Waals surface area contributed by atoms with Crippen LogP contribution in [0.1, 0.15) is 20.3 Å². The van der Waals surface area contributed by atoms with Crippen LogP contribution in [0.2, 0.25) is 0 Å². The van der Waals surface area contributed by atoms with Gasteiger partial charge in [-0.25, -0.2) is 0 Å². The van der Waals surface area contributed by atoms with Gasteiger partial charge in [-0.1, -0.05) is 0 Å². The normalized spacial score (nSPS) is 33.7. The van der Waals surface area contributed by atoms with E-state index in [9.17, 15) is 4.79 Å². The van der Waals surface area contributed by atoms with Gasteiger partial charge >= 0.3 is 0 Å². The molecule has 0 aromatic carbocycles. The maximum atomic E-state index is 11.7. The van der Waals surface area contributed by atoms with Crippen LogP contribution >= 0.6 is 0 Å². The van der Waals surface area contributed by atoms with Crippen molar-refractivity contribution in [3.05, 3.63) is 0 Å². The summed E-state index contributed by atoms with van der Waals surface area (Å²) in [4.78, 5) is 11.7. The molecule has 2 N–H and O–H groups in total. The molecule has 0 aromatic rings. The van der Waals surface area contributed by atoms with Gasteiger partial charge in [0.15, 0.2) is 0 Å². The van der Waals surface area contributed by atoms with E-state index in [4.69, 9.17) is 4.74 Å². The predicted octanol–water partition coefficient (Wildman–Crippen LogP) is 0.136. The first kappa shape index (κ1) is 10.9. The molecule has 1 heterocycles. The first-order valence-electron chi connectivity index (χ1n) is 5.59. The van der Waals surface area contributed by atoms with Crippen molar-refractivity contribution in [2.45, 2.75) is 31.9 Å². The van der Waals surface area contributed by atoms with E-state index in [0.717, 1.165) is 13.1 Å². The number of amides is 1. The smallest absolute Gasteiger partial charge is 0.223 e. The van der Waals surface area contributed by atoms with Crippen molar-refractivity contribution in [1.29, 1.82) is 0 Å². The summed E-state index contributed by atoms with van der Waals surface area (Å²) in [6.45, 7) is 5.98. The predicted molar refractivity (Wildman–Crippen MR) is 57.5 cm³/mol. The quantitative estimate of drug-likeness (QED) is 0.696. The highest BCUT2D eigenvalue weighted by Gasteiger charge is 2.53. The van der Waals surface area contributed by atoms with Gasteiger partial charge in [0.2, 0.25) is 5.91 Å². The molecule has 0 radical (unpaired) electrons. The summed E-state index contributed by atoms with van der Waals surface area (Å²) in [5, 5.41) is 6.40. The van der Waals surface area contributed by atoms with Gasteiger partial charge in [0.25, 0.3) is 0 Å². The summed E-state index contributed by atoms with van der Waals surface area (Å²) < 4.78 is 5.23. The van der Waals surface area contributed by atoms with E-state index in [-0.39, 0.29) is 11.5 Å². The molecule has 0 bridgehead atoms. The van der Waals surface area contributed by atoms with Crippen molar-refractivity contribution < 1.29 is 9.53 Å². The molecule has 2 rings (SSSR count). The third kappa shape index (κ3) is 2.32. The third-order valence-corrected chi connectivity index (χ3v) is 3.56. The fraction of sp³-hybridized carbons (Fsp3) is 0.909. The molecule has 0 spiro atoms. The van der Waals surface area contributed by atoms with Crippen molar-refractivity contribution in [2.24, 2.45) is 11.8 Å². The van der Waals surface area contributed by atoms with Crippen molar-refractivity contribution in [3.63, 3.8) is 0 Å². The Morgan fingerprint density at radius 2 is 2.07 bits per heavy atom. The lowest BCUT2D eigenvalue weighted by Crippen LogP contribution is -2.37. The van der Waals surface area contributed by atoms with E-state index >= 15 is 0 Å². The number of hydrogen-bond acceptors (Lipinski definition) is 3. The molecule has 4 nitrogen and oxygen atoms in total. The van der Waals surface area contributed by atoms with E-state index in [1.807, 2.05) is 13.8 Å². The summed E-state index contributed by atoms with van der Waals surface area (Å²) >= 11 is 0. The van der Waals surface area contributed by atoms with E-state index < -0.39 is 0 Å². The molecule has 4 heteroatoms. The van der Waals surface area contributed by atoms with Crippen LogP contribution in [0, 0.1) is 11.8 Å². The van der Waals surface area contributed by atoms with Gasteiger partial charge < -0.3 is 15.4 Å². The highest BCUT2D eigenvalue weighted by atomic mass is 16.5. The van der Waals surface area contributed by atoms with Gasteiger partial charge in [0.05, 0.1) is 12.0 Å². The van der Waals surface area contributed by atoms with E-state index in [0.29, 0.717) is 24.3 Å². The van der Waals surface area contributed by atoms with Crippen LogP contribution in [0.5, 0.6) is 0 Å². The second kappa shape index (κ2) is 3.76. The van der Waals surface area contributed by atoms with Gasteiger partial charge in [-0.15, -0.1) is 0 Å². The van der Waals surface area contributed by atoms with Crippen LogP contribution in [-0.4, -0.2) is 37.7 Å². The molecule has 1 aliphatic heterocycles. The minimum Gasteiger partial charge on any atom is -0.378 e. The number of carbonyl (C=O) groups is 1. The number of piperidine rings is 1. The first-order valence-corrected chi connectivity index (χ1v) is 5.59. The number of methoxy groups -OCH3 is 1. The van der Waals surface area contributed by atoms with E-state index in [1.165, 1.54) is 0 Å². The van der Waals surface area contributed by atoms with Gasteiger partial charge in [0.1, 0.15) is 0 Å². The van der Waals surface area contributed by atoms with Gasteiger partial charge in [0, 0.05) is 26.2 Å². The Morgan fingerprint density at radius 1 is 1.47 bits per heavy atom. The molecular weight excluding hydrogens is 192 g/mol. The zero-order valence-electron chi connectivity index (χ0n) is 9.67. The van der Waals surface area contributed by atoms with Crippen molar-refractivity contribution in [3.8, 4) is 0 Å². The first-order chi connectivity index (χ1) is 7.03. The fourth-order valence-corrected chi connectivity index (χ4v) is 2.33. The summed E-state index contributed by atoms with van der Waals surface area (Å²) in [6.07, 6.45) is 0.437. The minimum atomic E-state index is -0.355. The number of ether oxygens (including phenoxy) is 1. The molecule has 1 saturated carbocycles. The maximum absolute atomic E-state index is 11.7. The zero-order valence-corrected chi connectivity index (χ0v) is 9.67. The molecular formula is C11H20N2O2. The topological polar surface area (TPSA) is 50.4 Å². The largest absolute Gasteiger partial charge is 0.378 e. The Hall–Kier alpha value is -0.610. The molecule has 2 fully saturated rings. The lowest BCUT2D eigenvalue weighted by molar-refractivity contribution is -0.126. The van der Waals surface area contributed by atoms with Crippen LogP contribution in [-0.2, 0) is 9.53 Å². The number of rotatable bonds is 4. The minimum absolute atomic E-state index is 0.112. The summed E-state index contributed by atoms with van der Waals surface area (Å²) in [7, 11) is 1.64. The molecule has 1 saturated heterocycles. The highest BCUT2D eigenvalue weighted by molar-refractivity contribution is 5.77. The summed E-state index contributed by atoms with van der Waals surface area (Å²) in [5.41, 5.74) is -0.355. The Morgan fingerprint density at radius 3 is 2.60 bits per heavy atom. The van der Waals surface area contributed by atoms with E-state index in [1.54, 1.807) is 7.11 Å². The number of carbonyl (C=O) groups excluding carboxylic acids is 1. The van der Waals surface area contributed by atoms with Gasteiger partial charge in [-0.2, -0.15) is 0 Å². The molecule has 86 valence electrons. The van der Waals surface area contributed by atoms with Crippen LogP contribution in [0.4, 0.5) is 0 Å². The molecule has 1 aliphatic carbocycles. The SMILES string of the molecule is COC(C)(C)CC(=O)NC1C2CNCC21. The van der Waals surface area contributed by atoms with Crippen molar-refractivity contribution in [2.75, 3.05) is 20.2 Å². The second-order valence-electron chi connectivity index (χ2n) is 5.22. The number of fused-ring (bicyclic) bond motifs is 1. The van der Waals surface area contributed by atoms with Crippen LogP contribution in [0.3, 0.4) is 0 Å². The fourth-order valence-electron chi connectivity index (χ4n) is 2.33. The Balaban J connectivity index is 1.74. The Bertz CT molecular complexity index is 255. The maximum Gasteiger partial charge on any atom is 0.223 e. The highest BCUT2D eigenvalue weighted by Crippen LogP contribution is 2.41. The zero-order chi connectivity index (χ0) is 11.1. The molecule has 15 heavy (non-hydrogen) atoms. The number of hydrogen-bond donors (Lipinski definition) is 2. The molecule has 2 atom stereocenters. The van der Waals surface area contributed by atoms with Crippen LogP contribution in [0.15, 0.2) is 0 Å². The summed E-state index contributed by atoms with van der Waals surface area (Å²) in [5.74, 6) is 1.47. The Labute approximate surface area is 90.8 Å². The van der Waals surface area contributed by atoms with Crippen molar-refractivity contribution >= 4 is 5.91 Å². The van der Waals surface area contributed by atoms with Crippen LogP contribution in [0.25, 0.3) is 0 Å². The number of nitrogens with one attached hydrogen (secondary N) is 2. The lowest BCUT2D eigenvalue weighted by atomic mass is 10.0. The van der Waals surface area contributed by atoms with Crippen LogP contribution < -0.4 is 10.6 Å². The van der Waals surface area contributed by atoms with Crippen molar-refractivity contribution in [1.82, 2.24) is 10.6 Å². The summed E-state index contributed by atoms with van der Waals surface area (Å²) in [6, 6.07) is 0.423. The standard InChI is InChI=1S/C11H20N2O2/c1-11(2,15-3)4-9(14)13-10-7-5-12-6-8(7)10/h7-8,10,12H,4-6H2,1-3H3,(H,13,14). The second-order valence-corrected chi connectivity index (χ2v) is 5.22. The Kier molecular flexibility index (Phi) is 2.73. The average molecular weight is 212 g/mol. The molecule has 0 aromatic heterocycles. The molecule has 1 amide bonds. The monoisotopic (exact) mass is 212 g/mol. The third-order valence-electron chi connectivity index (χ3n) is 3.56. The molecule has 2 unspecified atom stereocenters. The van der Waals surface area contributed by atoms with E-state index in [2.05, 4.69) is 10.6 Å². The average Bonchev–Trinajstić information content (AvgIpc) is 2.64.